The molecule has 27 valence electrons. The van der Waals surface area contributed by atoms with Crippen molar-refractivity contribution in [2.24, 2.45) is 0 Å². The molecule has 0 rings (SSSR count). The maximum absolute atomic E-state index is 8.35. The maximum Gasteiger partial charge on any atom is 2.00 e. The third-order valence-electron chi connectivity index (χ3n) is 0. The summed E-state index contributed by atoms with van der Waals surface area (Å²) >= 11 is 0. The molecule has 1 nitrogen and oxygen atoms in total. The van der Waals surface area contributed by atoms with Crippen LogP contribution in [0.3, 0.4) is 0 Å². The van der Waals surface area contributed by atoms with Gasteiger partial charge in [0, 0.05) is 0 Å². The van der Waals surface area contributed by atoms with Gasteiger partial charge in [-0.3, -0.25) is 6.77 Å². The largest absolute Gasteiger partial charge is 2.00 e. The quantitative estimate of drug-likeness (QED) is 0.316. The SMILES string of the molecule is [2H][C-]=O.[CH3-].[Co+2]. The normalized spacial score (nSPS) is 3.50. The number of hydrogen-bond donors (Lipinski definition) is 0. The molecular formula is C2H4CoO. The molecule has 0 spiro atoms. The van der Waals surface area contributed by atoms with Crippen molar-refractivity contribution in [2.45, 2.75) is 0 Å². The first-order chi connectivity index (χ1) is 1.41. The fourth-order valence-electron chi connectivity index (χ4n) is 0. The Hall–Kier alpha value is 0.176. The van der Waals surface area contributed by atoms with Gasteiger partial charge in [-0.05, 0) is 0 Å². The summed E-state index contributed by atoms with van der Waals surface area (Å²) in [5.74, 6) is 0. The second-order valence-electron chi connectivity index (χ2n) is 0. The van der Waals surface area contributed by atoms with Crippen molar-refractivity contribution >= 4 is 6.77 Å². The van der Waals surface area contributed by atoms with E-state index < -0.39 is 0 Å². The molecular weight excluding hydrogens is 99.0 g/mol. The van der Waals surface area contributed by atoms with Crippen molar-refractivity contribution in [2.75, 3.05) is 0 Å². The van der Waals surface area contributed by atoms with E-state index in [0.717, 1.165) is 6.77 Å². The molecule has 2 heteroatoms. The van der Waals surface area contributed by atoms with Gasteiger partial charge in [-0.25, -0.2) is 0 Å². The molecule has 0 aliphatic rings. The van der Waals surface area contributed by atoms with E-state index in [1.54, 1.807) is 0 Å². The second-order valence-corrected chi connectivity index (χ2v) is 0. The molecule has 0 aromatic carbocycles. The van der Waals surface area contributed by atoms with Gasteiger partial charge >= 0.3 is 16.8 Å². The van der Waals surface area contributed by atoms with E-state index in [9.17, 15) is 0 Å². The van der Waals surface area contributed by atoms with Crippen LogP contribution >= 0.6 is 0 Å². The van der Waals surface area contributed by atoms with Gasteiger partial charge < -0.3 is 12.2 Å². The molecule has 0 fully saturated rings. The zero-order valence-corrected chi connectivity index (χ0v) is 3.28. The van der Waals surface area contributed by atoms with Crippen molar-refractivity contribution < 1.29 is 22.9 Å². The number of carbonyl (C=O) groups excluding carboxylic acids is 1. The Morgan fingerprint density at radius 1 is 2.00 bits per heavy atom. The Labute approximate surface area is 38.0 Å². The Morgan fingerprint density at radius 3 is 2.00 bits per heavy atom. The van der Waals surface area contributed by atoms with Crippen LogP contribution in [-0.2, 0) is 21.6 Å². The molecule has 0 aromatic rings. The Balaban J connectivity index is -0.0000000200. The van der Waals surface area contributed by atoms with Crippen LogP contribution in [0.5, 0.6) is 0 Å². The molecule has 0 atom stereocenters. The summed E-state index contributed by atoms with van der Waals surface area (Å²) in [5, 5.41) is 0. The molecule has 0 N–H and O–H groups in total. The summed E-state index contributed by atoms with van der Waals surface area (Å²) < 4.78 is 5.40. The van der Waals surface area contributed by atoms with Gasteiger partial charge in [-0.1, -0.05) is 0 Å². The second kappa shape index (κ2) is 483. The predicted octanol–water partition coefficient (Wildman–Crippen LogP) is 0.174. The van der Waals surface area contributed by atoms with Crippen LogP contribution < -0.4 is 0 Å². The van der Waals surface area contributed by atoms with Gasteiger partial charge in [0.1, 0.15) is 0 Å². The first-order valence-corrected chi connectivity index (χ1v) is 0.204. The zero-order chi connectivity index (χ0) is 2.71. The van der Waals surface area contributed by atoms with Gasteiger partial charge in [0.05, 0.1) is 0 Å². The van der Waals surface area contributed by atoms with Crippen molar-refractivity contribution in [1.29, 1.82) is 0 Å². The maximum atomic E-state index is 8.35. The zero-order valence-electron chi connectivity index (χ0n) is 3.24. The average Bonchev–Trinajstić information content (AvgIpc) is 0.918. The summed E-state index contributed by atoms with van der Waals surface area (Å²) in [6.45, 7) is 0.750. The summed E-state index contributed by atoms with van der Waals surface area (Å²) in [5.41, 5.74) is 0. The average molecular weight is 104 g/mol. The van der Waals surface area contributed by atoms with E-state index in [1.807, 2.05) is 0 Å². The van der Waals surface area contributed by atoms with Gasteiger partial charge in [0.25, 0.3) is 0 Å². The minimum Gasteiger partial charge on any atom is -0.545 e. The predicted molar refractivity (Wildman–Crippen MR) is 13.2 cm³/mol. The first-order valence-electron chi connectivity index (χ1n) is 0.704. The number of rotatable bonds is 0. The molecule has 0 amide bonds. The van der Waals surface area contributed by atoms with Gasteiger partial charge in [0.15, 0.2) is 0 Å². The third kappa shape index (κ3) is 96.7. The van der Waals surface area contributed by atoms with E-state index >= 15 is 0 Å². The molecule has 0 saturated heterocycles. The molecule has 0 unspecified atom stereocenters. The number of hydrogen-bond acceptors (Lipinski definition) is 1. The topological polar surface area (TPSA) is 17.1 Å². The summed E-state index contributed by atoms with van der Waals surface area (Å²) in [6.07, 6.45) is 0. The van der Waals surface area contributed by atoms with Crippen LogP contribution in [0.1, 0.15) is 1.37 Å². The molecule has 0 bridgehead atoms. The fraction of sp³-hybridized carbons (Fsp3) is 0. The van der Waals surface area contributed by atoms with Crippen molar-refractivity contribution in [3.8, 4) is 0 Å². The van der Waals surface area contributed by atoms with Gasteiger partial charge in [-0.15, -0.1) is 0 Å². The summed E-state index contributed by atoms with van der Waals surface area (Å²) in [6, 6.07) is 0. The molecule has 4 heavy (non-hydrogen) atoms. The molecule has 0 aliphatic heterocycles. The van der Waals surface area contributed by atoms with Gasteiger partial charge in [-0.2, -0.15) is 1.37 Å². The van der Waals surface area contributed by atoms with E-state index in [-0.39, 0.29) is 24.2 Å². The standard InChI is InChI=1S/CHO.CH3.Co/c1-2;;/h1H;1H3;/q2*-1;+2/i1D;;. The van der Waals surface area contributed by atoms with Crippen LogP contribution in [0.4, 0.5) is 0 Å². The van der Waals surface area contributed by atoms with E-state index in [1.165, 1.54) is 0 Å². The first kappa shape index (κ1) is 8.90. The smallest absolute Gasteiger partial charge is 0.545 e. The Kier molecular flexibility index (Phi) is 1070. The molecule has 0 saturated carbocycles. The monoisotopic (exact) mass is 104 g/mol. The fourth-order valence-corrected chi connectivity index (χ4v) is 0. The molecule has 0 aliphatic carbocycles. The van der Waals surface area contributed by atoms with Crippen LogP contribution in [-0.4, -0.2) is 6.77 Å². The molecule has 0 heterocycles. The van der Waals surface area contributed by atoms with Gasteiger partial charge in [0.2, 0.25) is 0 Å². The Bertz CT molecular complexity index is 17.1. The van der Waals surface area contributed by atoms with Crippen LogP contribution in [0, 0.1) is 7.43 Å². The van der Waals surface area contributed by atoms with E-state index in [2.05, 4.69) is 0 Å². The summed E-state index contributed by atoms with van der Waals surface area (Å²) in [4.78, 5) is 8.35. The van der Waals surface area contributed by atoms with Crippen molar-refractivity contribution in [3.63, 3.8) is 0 Å². The van der Waals surface area contributed by atoms with Crippen LogP contribution in [0.25, 0.3) is 0 Å². The van der Waals surface area contributed by atoms with Crippen LogP contribution in [0.2, 0.25) is 0 Å². The van der Waals surface area contributed by atoms with Crippen LogP contribution in [0.15, 0.2) is 0 Å². The third-order valence-corrected chi connectivity index (χ3v) is 0. The van der Waals surface area contributed by atoms with Crippen molar-refractivity contribution in [3.05, 3.63) is 7.43 Å². The van der Waals surface area contributed by atoms with E-state index in [0.29, 0.717) is 0 Å². The van der Waals surface area contributed by atoms with Crippen molar-refractivity contribution in [1.82, 2.24) is 0 Å². The minimum absolute atomic E-state index is 0. The molecule has 0 aromatic heterocycles. The Morgan fingerprint density at radius 2 is 2.00 bits per heavy atom. The minimum atomic E-state index is 0. The molecule has 1 radical (unpaired) electrons. The summed E-state index contributed by atoms with van der Waals surface area (Å²) in [7, 11) is 0. The van der Waals surface area contributed by atoms with E-state index in [4.69, 9.17) is 6.17 Å².